The molecule has 0 aliphatic carbocycles. The van der Waals surface area contributed by atoms with Crippen LogP contribution in [0, 0.1) is 13.8 Å². The van der Waals surface area contributed by atoms with Crippen LogP contribution in [0.25, 0.3) is 0 Å². The minimum Gasteiger partial charge on any atom is -0.253 e. The van der Waals surface area contributed by atoms with Gasteiger partial charge in [0.15, 0.2) is 0 Å². The van der Waals surface area contributed by atoms with Gasteiger partial charge in [0, 0.05) is 11.1 Å². The van der Waals surface area contributed by atoms with Crippen molar-refractivity contribution < 1.29 is 0 Å². The number of hydrogen-bond acceptors (Lipinski definition) is 2. The van der Waals surface area contributed by atoms with Crippen LogP contribution in [0.3, 0.4) is 0 Å². The van der Waals surface area contributed by atoms with Crippen molar-refractivity contribution in [1.82, 2.24) is 4.98 Å². The smallest absolute Gasteiger partial charge is 0.0794 e. The molecule has 0 aliphatic rings. The number of aryl methyl sites for hydroxylation is 2. The summed E-state index contributed by atoms with van der Waals surface area (Å²) in [4.78, 5) is 9.61. The zero-order chi connectivity index (χ0) is 8.81. The Kier molecular flexibility index (Phi) is 4.30. The first kappa shape index (κ1) is 9.72. The van der Waals surface area contributed by atoms with Crippen molar-refractivity contribution in [3.63, 3.8) is 0 Å². The Morgan fingerprint density at radius 1 is 1.42 bits per heavy atom. The molecule has 0 bridgehead atoms. The molecule has 0 fully saturated rings. The number of hydrogen-bond donors (Lipinski definition) is 0. The molecule has 0 spiro atoms. The van der Waals surface area contributed by atoms with E-state index in [2.05, 4.69) is 27.9 Å². The van der Waals surface area contributed by atoms with E-state index in [9.17, 15) is 0 Å². The number of thiazole rings is 1. The van der Waals surface area contributed by atoms with E-state index in [1.807, 2.05) is 18.6 Å². The van der Waals surface area contributed by atoms with Crippen LogP contribution >= 0.6 is 11.3 Å². The standard InChI is InChI=1S/C5H6Se.C4H5NS/c1-5-2-3-6-4-5;1-4-2-5-3-6-4/h2-4H,1H3;2-3H,1H3. The first-order chi connectivity index (χ1) is 5.79. The van der Waals surface area contributed by atoms with Crippen molar-refractivity contribution in [3.8, 4) is 0 Å². The van der Waals surface area contributed by atoms with E-state index in [0.717, 1.165) is 0 Å². The van der Waals surface area contributed by atoms with Crippen LogP contribution in [0.4, 0.5) is 0 Å². The molecule has 64 valence electrons. The minimum absolute atomic E-state index is 0.698. The van der Waals surface area contributed by atoms with Crippen LogP contribution < -0.4 is 0 Å². The van der Waals surface area contributed by atoms with E-state index >= 15 is 0 Å². The fourth-order valence-electron chi connectivity index (χ4n) is 0.612. The van der Waals surface area contributed by atoms with Crippen LogP contribution in [0.1, 0.15) is 10.4 Å². The molecule has 2 aromatic heterocycles. The summed E-state index contributed by atoms with van der Waals surface area (Å²) < 4.78 is 0. The van der Waals surface area contributed by atoms with Gasteiger partial charge in [0.2, 0.25) is 0 Å². The van der Waals surface area contributed by atoms with Gasteiger partial charge in [0.1, 0.15) is 0 Å². The van der Waals surface area contributed by atoms with Crippen molar-refractivity contribution in [2.24, 2.45) is 0 Å². The van der Waals surface area contributed by atoms with Crippen molar-refractivity contribution in [2.75, 3.05) is 0 Å². The largest absolute Gasteiger partial charge is 0.253 e. The maximum absolute atomic E-state index is 3.84. The van der Waals surface area contributed by atoms with Gasteiger partial charge in [-0.1, -0.05) is 0 Å². The van der Waals surface area contributed by atoms with Crippen LogP contribution in [0.5, 0.6) is 0 Å². The maximum atomic E-state index is 3.84. The second kappa shape index (κ2) is 5.31. The quantitative estimate of drug-likeness (QED) is 0.649. The van der Waals surface area contributed by atoms with Gasteiger partial charge in [-0.2, -0.15) is 0 Å². The fourth-order valence-corrected chi connectivity index (χ4v) is 2.42. The van der Waals surface area contributed by atoms with E-state index in [1.54, 1.807) is 11.3 Å². The topological polar surface area (TPSA) is 12.9 Å². The van der Waals surface area contributed by atoms with Gasteiger partial charge in [-0.15, -0.1) is 11.3 Å². The van der Waals surface area contributed by atoms with Gasteiger partial charge in [0.25, 0.3) is 0 Å². The molecule has 2 aromatic rings. The molecule has 0 aromatic carbocycles. The van der Waals surface area contributed by atoms with Crippen molar-refractivity contribution in [1.29, 1.82) is 0 Å². The van der Waals surface area contributed by atoms with Crippen LogP contribution in [0.15, 0.2) is 27.7 Å². The summed E-state index contributed by atoms with van der Waals surface area (Å²) in [6, 6.07) is 2.17. The zero-order valence-corrected chi connectivity index (χ0v) is 9.68. The molecule has 0 saturated heterocycles. The maximum Gasteiger partial charge on any atom is 0.0794 e. The SMILES string of the molecule is Cc1cc[se]c1.Cc1cncs1. The molecule has 2 rings (SSSR count). The average Bonchev–Trinajstić information content (AvgIpc) is 2.63. The molecule has 0 atom stereocenters. The van der Waals surface area contributed by atoms with Gasteiger partial charge in [-0.25, -0.2) is 0 Å². The summed E-state index contributed by atoms with van der Waals surface area (Å²) in [6.07, 6.45) is 1.85. The van der Waals surface area contributed by atoms with Gasteiger partial charge < -0.3 is 0 Å². The summed E-state index contributed by atoms with van der Waals surface area (Å²) in [7, 11) is 0. The van der Waals surface area contributed by atoms with Crippen molar-refractivity contribution in [2.45, 2.75) is 13.8 Å². The minimum atomic E-state index is 0.698. The molecular weight excluding hydrogens is 233 g/mol. The summed E-state index contributed by atoms with van der Waals surface area (Å²) in [5.74, 6) is 0. The fraction of sp³-hybridized carbons (Fsp3) is 0.222. The average molecular weight is 244 g/mol. The van der Waals surface area contributed by atoms with Crippen LogP contribution in [-0.4, -0.2) is 19.5 Å². The predicted molar refractivity (Wildman–Crippen MR) is 55.0 cm³/mol. The second-order valence-corrected chi connectivity index (χ2v) is 5.14. The molecule has 12 heavy (non-hydrogen) atoms. The predicted octanol–water partition coefficient (Wildman–Crippen LogP) is 2.50. The van der Waals surface area contributed by atoms with Crippen LogP contribution in [-0.2, 0) is 0 Å². The molecule has 0 amide bonds. The van der Waals surface area contributed by atoms with Crippen LogP contribution in [0.2, 0.25) is 0 Å². The van der Waals surface area contributed by atoms with E-state index < -0.39 is 0 Å². The van der Waals surface area contributed by atoms with E-state index in [0.29, 0.717) is 14.5 Å². The number of nitrogens with zero attached hydrogens (tertiary/aromatic N) is 1. The third-order valence-corrected chi connectivity index (χ3v) is 3.60. The molecule has 3 heteroatoms. The van der Waals surface area contributed by atoms with Gasteiger partial charge in [-0.3, -0.25) is 4.98 Å². The molecule has 0 unspecified atom stereocenters. The van der Waals surface area contributed by atoms with Gasteiger partial charge in [-0.05, 0) is 6.92 Å². The van der Waals surface area contributed by atoms with E-state index in [-0.39, 0.29) is 0 Å². The Labute approximate surface area is 82.8 Å². The van der Waals surface area contributed by atoms with Crippen molar-refractivity contribution >= 4 is 25.8 Å². The normalized spacial score (nSPS) is 8.83. The van der Waals surface area contributed by atoms with Gasteiger partial charge in [0.05, 0.1) is 5.51 Å². The van der Waals surface area contributed by atoms with Crippen molar-refractivity contribution in [3.05, 3.63) is 38.1 Å². The summed E-state index contributed by atoms with van der Waals surface area (Å²) in [5.41, 5.74) is 3.25. The Bertz CT molecular complexity index is 254. The Morgan fingerprint density at radius 3 is 2.42 bits per heavy atom. The Morgan fingerprint density at radius 2 is 2.25 bits per heavy atom. The Hall–Kier alpha value is -0.371. The number of aromatic nitrogens is 1. The number of rotatable bonds is 0. The third-order valence-electron chi connectivity index (χ3n) is 1.22. The summed E-state index contributed by atoms with van der Waals surface area (Å²) in [6.45, 7) is 4.17. The first-order valence-corrected chi connectivity index (χ1v) is 6.48. The summed E-state index contributed by atoms with van der Waals surface area (Å²) in [5, 5.41) is 0. The third kappa shape index (κ3) is 3.86. The van der Waals surface area contributed by atoms with E-state index in [4.69, 9.17) is 0 Å². The molecular formula is C9H11NSSe. The molecule has 0 saturated carbocycles. The van der Waals surface area contributed by atoms with Gasteiger partial charge >= 0.3 is 42.9 Å². The Balaban J connectivity index is 0.000000120. The van der Waals surface area contributed by atoms with E-state index in [1.165, 1.54) is 10.4 Å². The monoisotopic (exact) mass is 245 g/mol. The first-order valence-electron chi connectivity index (χ1n) is 3.63. The second-order valence-electron chi connectivity index (χ2n) is 2.41. The molecule has 0 radical (unpaired) electrons. The molecule has 2 heterocycles. The summed E-state index contributed by atoms with van der Waals surface area (Å²) >= 11 is 2.37. The zero-order valence-electron chi connectivity index (χ0n) is 7.15. The molecule has 1 nitrogen and oxygen atoms in total. The molecule has 0 N–H and O–H groups in total. The molecule has 0 aliphatic heterocycles.